The minimum absolute atomic E-state index is 0.448. The van der Waals surface area contributed by atoms with Crippen LogP contribution in [0.3, 0.4) is 0 Å². The Labute approximate surface area is 126 Å². The second-order valence-electron chi connectivity index (χ2n) is 5.61. The van der Waals surface area contributed by atoms with Gasteiger partial charge in [0.05, 0.1) is 16.6 Å². The summed E-state index contributed by atoms with van der Waals surface area (Å²) in [5.74, 6) is -0.969. The molecule has 0 unspecified atom stereocenters. The Kier molecular flexibility index (Phi) is 4.81. The molecular formula is C14H19BrN2O3. The smallest absolute Gasteiger partial charge is 0.319 e. The minimum Gasteiger partial charge on any atom is -0.481 e. The lowest BCUT2D eigenvalue weighted by Gasteiger charge is -2.38. The molecule has 0 radical (unpaired) electrons. The van der Waals surface area contributed by atoms with Gasteiger partial charge in [-0.05, 0) is 55.8 Å². The highest BCUT2D eigenvalue weighted by Gasteiger charge is 2.44. The van der Waals surface area contributed by atoms with E-state index in [0.29, 0.717) is 5.69 Å². The normalized spacial score (nSPS) is 11.8. The third kappa shape index (κ3) is 3.50. The molecule has 0 bridgehead atoms. The van der Waals surface area contributed by atoms with E-state index in [1.54, 1.807) is 39.8 Å². The highest BCUT2D eigenvalue weighted by Crippen LogP contribution is 2.31. The molecule has 3 N–H and O–H groups in total. The highest BCUT2D eigenvalue weighted by atomic mass is 79.9. The molecule has 0 spiro atoms. The van der Waals surface area contributed by atoms with Crippen LogP contribution in [0.1, 0.15) is 27.7 Å². The van der Waals surface area contributed by atoms with E-state index in [1.807, 2.05) is 12.1 Å². The molecule has 20 heavy (non-hydrogen) atoms. The summed E-state index contributed by atoms with van der Waals surface area (Å²) in [5, 5.41) is 14.6. The van der Waals surface area contributed by atoms with Gasteiger partial charge in [0.25, 0.3) is 0 Å². The molecule has 0 saturated carbocycles. The number of anilines is 1. The number of carbonyl (C=O) groups is 2. The lowest BCUT2D eigenvalue weighted by atomic mass is 9.74. The number of para-hydroxylation sites is 1. The molecular weight excluding hydrogens is 324 g/mol. The van der Waals surface area contributed by atoms with E-state index in [4.69, 9.17) is 0 Å². The van der Waals surface area contributed by atoms with Crippen molar-refractivity contribution in [2.24, 2.45) is 5.41 Å². The summed E-state index contributed by atoms with van der Waals surface area (Å²) in [5.41, 5.74) is -1.39. The molecule has 1 aromatic carbocycles. The molecule has 0 heterocycles. The Balaban J connectivity index is 2.81. The van der Waals surface area contributed by atoms with Gasteiger partial charge in [-0.25, -0.2) is 4.79 Å². The molecule has 0 aromatic heterocycles. The first kappa shape index (κ1) is 16.5. The second-order valence-corrected chi connectivity index (χ2v) is 6.47. The van der Waals surface area contributed by atoms with Crippen molar-refractivity contribution >= 4 is 33.6 Å². The fraction of sp³-hybridized carbons (Fsp3) is 0.429. The predicted octanol–water partition coefficient (Wildman–Crippen LogP) is 3.46. The number of carboxylic acid groups (broad SMARTS) is 1. The van der Waals surface area contributed by atoms with Crippen molar-refractivity contribution in [3.8, 4) is 0 Å². The molecule has 0 fully saturated rings. The summed E-state index contributed by atoms with van der Waals surface area (Å²) in [7, 11) is 0. The van der Waals surface area contributed by atoms with Crippen molar-refractivity contribution in [1.29, 1.82) is 0 Å². The van der Waals surface area contributed by atoms with Crippen LogP contribution < -0.4 is 10.6 Å². The summed E-state index contributed by atoms with van der Waals surface area (Å²) in [6.45, 7) is 6.52. The van der Waals surface area contributed by atoms with E-state index in [1.165, 1.54) is 0 Å². The average molecular weight is 343 g/mol. The number of carbonyl (C=O) groups excluding carboxylic acids is 1. The zero-order valence-electron chi connectivity index (χ0n) is 12.0. The van der Waals surface area contributed by atoms with Crippen molar-refractivity contribution in [3.63, 3.8) is 0 Å². The first-order valence-corrected chi connectivity index (χ1v) is 6.94. The third-order valence-electron chi connectivity index (χ3n) is 3.65. The number of hydrogen-bond acceptors (Lipinski definition) is 2. The van der Waals surface area contributed by atoms with Crippen LogP contribution >= 0.6 is 15.9 Å². The van der Waals surface area contributed by atoms with Gasteiger partial charge in [0, 0.05) is 4.47 Å². The number of hydrogen-bond donors (Lipinski definition) is 3. The van der Waals surface area contributed by atoms with Gasteiger partial charge >= 0.3 is 12.0 Å². The molecule has 0 aliphatic carbocycles. The van der Waals surface area contributed by atoms with Crippen molar-refractivity contribution in [2.45, 2.75) is 33.2 Å². The van der Waals surface area contributed by atoms with Crippen molar-refractivity contribution in [1.82, 2.24) is 5.32 Å². The van der Waals surface area contributed by atoms with Crippen LogP contribution in [0, 0.1) is 5.41 Å². The van der Waals surface area contributed by atoms with Crippen LogP contribution in [0.25, 0.3) is 0 Å². The lowest BCUT2D eigenvalue weighted by Crippen LogP contribution is -2.57. The van der Waals surface area contributed by atoms with Crippen molar-refractivity contribution in [3.05, 3.63) is 28.7 Å². The zero-order valence-corrected chi connectivity index (χ0v) is 13.5. The molecule has 0 aliphatic rings. The number of amides is 2. The zero-order chi connectivity index (χ0) is 15.6. The standard InChI is InChI=1S/C14H19BrN2O3/c1-13(2,11(18)19)14(3,4)17-12(20)16-10-8-6-5-7-9(10)15/h5-8H,1-4H3,(H,18,19)(H2,16,17,20). The first-order valence-electron chi connectivity index (χ1n) is 6.15. The van der Waals surface area contributed by atoms with Gasteiger partial charge in [0.15, 0.2) is 0 Å². The molecule has 1 aromatic rings. The molecule has 0 aliphatic heterocycles. The monoisotopic (exact) mass is 342 g/mol. The number of benzene rings is 1. The van der Waals surface area contributed by atoms with E-state index in [0.717, 1.165) is 4.47 Å². The van der Waals surface area contributed by atoms with Gasteiger partial charge in [-0.2, -0.15) is 0 Å². The van der Waals surface area contributed by atoms with Gasteiger partial charge in [-0.15, -0.1) is 0 Å². The van der Waals surface area contributed by atoms with E-state index < -0.39 is 23.0 Å². The molecule has 0 atom stereocenters. The van der Waals surface area contributed by atoms with Gasteiger partial charge < -0.3 is 15.7 Å². The Morgan fingerprint density at radius 3 is 2.20 bits per heavy atom. The number of carboxylic acids is 1. The molecule has 2 amide bonds. The van der Waals surface area contributed by atoms with Crippen LogP contribution in [0.15, 0.2) is 28.7 Å². The van der Waals surface area contributed by atoms with E-state index in [9.17, 15) is 14.7 Å². The first-order chi connectivity index (χ1) is 9.08. The average Bonchev–Trinajstić information content (AvgIpc) is 2.31. The van der Waals surface area contributed by atoms with Gasteiger partial charge in [-0.1, -0.05) is 12.1 Å². The van der Waals surface area contributed by atoms with Crippen LogP contribution in [0.2, 0.25) is 0 Å². The van der Waals surface area contributed by atoms with E-state index >= 15 is 0 Å². The van der Waals surface area contributed by atoms with Gasteiger partial charge in [0.2, 0.25) is 0 Å². The quantitative estimate of drug-likeness (QED) is 0.783. The Hall–Kier alpha value is -1.56. The summed E-state index contributed by atoms with van der Waals surface area (Å²) >= 11 is 3.33. The Bertz CT molecular complexity index is 527. The van der Waals surface area contributed by atoms with Gasteiger partial charge in [-0.3, -0.25) is 4.79 Å². The van der Waals surface area contributed by atoms with E-state index in [2.05, 4.69) is 26.6 Å². The molecule has 0 saturated heterocycles. The fourth-order valence-corrected chi connectivity index (χ4v) is 1.81. The number of urea groups is 1. The van der Waals surface area contributed by atoms with Gasteiger partial charge in [0.1, 0.15) is 0 Å². The number of halogens is 1. The highest BCUT2D eigenvalue weighted by molar-refractivity contribution is 9.10. The summed E-state index contributed by atoms with van der Waals surface area (Å²) in [6.07, 6.45) is 0. The van der Waals surface area contributed by atoms with Crippen LogP contribution in [0.4, 0.5) is 10.5 Å². The fourth-order valence-electron chi connectivity index (χ4n) is 1.42. The second kappa shape index (κ2) is 5.83. The molecule has 1 rings (SSSR count). The Morgan fingerprint density at radius 1 is 1.15 bits per heavy atom. The lowest BCUT2D eigenvalue weighted by molar-refractivity contribution is -0.150. The van der Waals surface area contributed by atoms with Crippen molar-refractivity contribution < 1.29 is 14.7 Å². The van der Waals surface area contributed by atoms with Crippen LogP contribution in [-0.4, -0.2) is 22.6 Å². The molecule has 6 heteroatoms. The molecule has 5 nitrogen and oxygen atoms in total. The number of rotatable bonds is 4. The summed E-state index contributed by atoms with van der Waals surface area (Å²) in [6, 6.07) is 6.74. The maximum Gasteiger partial charge on any atom is 0.319 e. The predicted molar refractivity (Wildman–Crippen MR) is 81.8 cm³/mol. The summed E-state index contributed by atoms with van der Waals surface area (Å²) < 4.78 is 0.755. The Morgan fingerprint density at radius 2 is 1.70 bits per heavy atom. The topological polar surface area (TPSA) is 78.4 Å². The number of aliphatic carboxylic acids is 1. The summed E-state index contributed by atoms with van der Waals surface area (Å²) in [4.78, 5) is 23.3. The molecule has 110 valence electrons. The minimum atomic E-state index is -1.10. The van der Waals surface area contributed by atoms with E-state index in [-0.39, 0.29) is 0 Å². The maximum absolute atomic E-state index is 12.0. The number of nitrogens with one attached hydrogen (secondary N) is 2. The maximum atomic E-state index is 12.0. The van der Waals surface area contributed by atoms with Crippen LogP contribution in [-0.2, 0) is 4.79 Å². The SMILES string of the molecule is CC(C)(NC(=O)Nc1ccccc1Br)C(C)(C)C(=O)O. The third-order valence-corrected chi connectivity index (χ3v) is 4.34. The van der Waals surface area contributed by atoms with Crippen LogP contribution in [0.5, 0.6) is 0 Å². The van der Waals surface area contributed by atoms with Crippen molar-refractivity contribution in [2.75, 3.05) is 5.32 Å². The largest absolute Gasteiger partial charge is 0.481 e.